The minimum Gasteiger partial charge on any atom is -0.399 e. The Hall–Kier alpha value is -2.00. The Balaban J connectivity index is 2.17. The van der Waals surface area contributed by atoms with Crippen molar-refractivity contribution >= 4 is 23.2 Å². The van der Waals surface area contributed by atoms with Crippen LogP contribution < -0.4 is 5.73 Å². The molecule has 0 aromatic heterocycles. The van der Waals surface area contributed by atoms with E-state index in [1.807, 2.05) is 31.2 Å². The summed E-state index contributed by atoms with van der Waals surface area (Å²) in [5.74, 6) is -0.0348. The lowest BCUT2D eigenvalue weighted by molar-refractivity contribution is 0.0742. The van der Waals surface area contributed by atoms with Crippen molar-refractivity contribution < 1.29 is 4.79 Å². The van der Waals surface area contributed by atoms with Gasteiger partial charge in [0.25, 0.3) is 5.91 Å². The fourth-order valence-electron chi connectivity index (χ4n) is 1.97. The summed E-state index contributed by atoms with van der Waals surface area (Å²) in [6.07, 6.45) is 0. The molecule has 2 aromatic rings. The first-order chi connectivity index (χ1) is 9.49. The second-order valence-electron chi connectivity index (χ2n) is 4.77. The summed E-state index contributed by atoms with van der Waals surface area (Å²) in [7, 11) is 1.79. The van der Waals surface area contributed by atoms with E-state index in [9.17, 15) is 4.79 Å². The maximum absolute atomic E-state index is 12.4. The fraction of sp³-hybridized carbons (Fsp3) is 0.188. The van der Waals surface area contributed by atoms with Crippen LogP contribution in [0.5, 0.6) is 0 Å². The first-order valence-electron chi connectivity index (χ1n) is 6.37. The predicted octanol–water partition coefficient (Wildman–Crippen LogP) is 3.76. The predicted molar refractivity (Wildman–Crippen MR) is 82.8 cm³/mol. The second-order valence-corrected chi connectivity index (χ2v) is 5.20. The van der Waals surface area contributed by atoms with Gasteiger partial charge in [-0.2, -0.15) is 0 Å². The van der Waals surface area contributed by atoms with Gasteiger partial charge in [0.05, 0.1) is 6.04 Å². The summed E-state index contributed by atoms with van der Waals surface area (Å²) in [5, 5.41) is 0.688. The Kier molecular flexibility index (Phi) is 4.30. The zero-order valence-electron chi connectivity index (χ0n) is 11.5. The van der Waals surface area contributed by atoms with Crippen molar-refractivity contribution in [3.8, 4) is 0 Å². The molecule has 2 rings (SSSR count). The number of rotatable bonds is 3. The molecule has 2 aromatic carbocycles. The maximum atomic E-state index is 12.4. The molecule has 0 aliphatic carbocycles. The number of hydrogen-bond donors (Lipinski definition) is 1. The molecule has 0 aliphatic heterocycles. The van der Waals surface area contributed by atoms with Crippen molar-refractivity contribution in [2.45, 2.75) is 13.0 Å². The highest BCUT2D eigenvalue weighted by Gasteiger charge is 2.18. The molecule has 0 aliphatic rings. The van der Waals surface area contributed by atoms with E-state index in [4.69, 9.17) is 17.3 Å². The molecular formula is C16H17ClN2O. The third-order valence-electron chi connectivity index (χ3n) is 3.41. The standard InChI is InChI=1S/C16H17ClN2O/c1-11(12-3-7-14(17)8-4-12)19(2)16(20)13-5-9-15(18)10-6-13/h3-11H,18H2,1-2H3. The van der Waals surface area contributed by atoms with Crippen LogP contribution in [0.25, 0.3) is 0 Å². The average Bonchev–Trinajstić information content (AvgIpc) is 2.46. The third-order valence-corrected chi connectivity index (χ3v) is 3.66. The first kappa shape index (κ1) is 14.4. The molecule has 0 bridgehead atoms. The van der Waals surface area contributed by atoms with Gasteiger partial charge in [-0.1, -0.05) is 23.7 Å². The van der Waals surface area contributed by atoms with E-state index in [1.54, 1.807) is 36.2 Å². The molecule has 0 saturated heterocycles. The molecule has 4 heteroatoms. The highest BCUT2D eigenvalue weighted by atomic mass is 35.5. The third kappa shape index (κ3) is 3.11. The minimum atomic E-state index is -0.0348. The van der Waals surface area contributed by atoms with Gasteiger partial charge in [0.1, 0.15) is 0 Å². The number of nitrogens with two attached hydrogens (primary N) is 1. The zero-order valence-corrected chi connectivity index (χ0v) is 12.3. The number of nitrogen functional groups attached to an aromatic ring is 1. The number of amides is 1. The van der Waals surface area contributed by atoms with Crippen LogP contribution in [0.15, 0.2) is 48.5 Å². The number of halogens is 1. The number of carbonyl (C=O) groups is 1. The molecule has 104 valence electrons. The quantitative estimate of drug-likeness (QED) is 0.874. The Morgan fingerprint density at radius 2 is 1.65 bits per heavy atom. The summed E-state index contributed by atoms with van der Waals surface area (Å²) >= 11 is 5.88. The van der Waals surface area contributed by atoms with Crippen LogP contribution in [0.1, 0.15) is 28.9 Å². The molecule has 0 saturated carbocycles. The lowest BCUT2D eigenvalue weighted by Gasteiger charge is -2.25. The normalized spacial score (nSPS) is 11.9. The summed E-state index contributed by atoms with van der Waals surface area (Å²) < 4.78 is 0. The first-order valence-corrected chi connectivity index (χ1v) is 6.75. The Morgan fingerprint density at radius 1 is 1.10 bits per heavy atom. The van der Waals surface area contributed by atoms with Crippen LogP contribution in [0.2, 0.25) is 5.02 Å². The van der Waals surface area contributed by atoms with Gasteiger partial charge in [0, 0.05) is 23.3 Å². The number of hydrogen-bond acceptors (Lipinski definition) is 2. The van der Waals surface area contributed by atoms with Crippen LogP contribution in [0.3, 0.4) is 0 Å². The van der Waals surface area contributed by atoms with Gasteiger partial charge in [0.15, 0.2) is 0 Å². The van der Waals surface area contributed by atoms with Crippen molar-refractivity contribution in [2.75, 3.05) is 12.8 Å². The van der Waals surface area contributed by atoms with Crippen molar-refractivity contribution in [3.05, 3.63) is 64.7 Å². The highest BCUT2D eigenvalue weighted by molar-refractivity contribution is 6.30. The van der Waals surface area contributed by atoms with Crippen LogP contribution in [-0.2, 0) is 0 Å². The van der Waals surface area contributed by atoms with Crippen LogP contribution in [0.4, 0.5) is 5.69 Å². The zero-order chi connectivity index (χ0) is 14.7. The number of anilines is 1. The summed E-state index contributed by atoms with van der Waals surface area (Å²) in [5.41, 5.74) is 7.95. The van der Waals surface area contributed by atoms with Crippen LogP contribution in [-0.4, -0.2) is 17.9 Å². The van der Waals surface area contributed by atoms with Crippen LogP contribution in [0, 0.1) is 0 Å². The van der Waals surface area contributed by atoms with Gasteiger partial charge < -0.3 is 10.6 Å². The summed E-state index contributed by atoms with van der Waals surface area (Å²) in [4.78, 5) is 14.1. The molecular weight excluding hydrogens is 272 g/mol. The summed E-state index contributed by atoms with van der Waals surface area (Å²) in [6.45, 7) is 1.98. The number of nitrogens with zero attached hydrogens (tertiary/aromatic N) is 1. The molecule has 3 nitrogen and oxygen atoms in total. The van der Waals surface area contributed by atoms with Gasteiger partial charge in [-0.3, -0.25) is 4.79 Å². The Morgan fingerprint density at radius 3 is 2.20 bits per heavy atom. The Labute approximate surface area is 124 Å². The SMILES string of the molecule is CC(c1ccc(Cl)cc1)N(C)C(=O)c1ccc(N)cc1. The van der Waals surface area contributed by atoms with Gasteiger partial charge in [-0.05, 0) is 48.9 Å². The van der Waals surface area contributed by atoms with Gasteiger partial charge in [0.2, 0.25) is 0 Å². The molecule has 0 radical (unpaired) electrons. The van der Waals surface area contributed by atoms with E-state index in [1.165, 1.54) is 0 Å². The van der Waals surface area contributed by atoms with Crippen molar-refractivity contribution in [1.82, 2.24) is 4.90 Å². The largest absolute Gasteiger partial charge is 0.399 e. The van der Waals surface area contributed by atoms with E-state index in [2.05, 4.69) is 0 Å². The molecule has 20 heavy (non-hydrogen) atoms. The van der Waals surface area contributed by atoms with Gasteiger partial charge >= 0.3 is 0 Å². The van der Waals surface area contributed by atoms with Crippen LogP contribution >= 0.6 is 11.6 Å². The number of benzene rings is 2. The van der Waals surface area contributed by atoms with E-state index >= 15 is 0 Å². The van der Waals surface area contributed by atoms with E-state index in [0.717, 1.165) is 5.56 Å². The van der Waals surface area contributed by atoms with Gasteiger partial charge in [-0.25, -0.2) is 0 Å². The van der Waals surface area contributed by atoms with Crippen molar-refractivity contribution in [3.63, 3.8) is 0 Å². The maximum Gasteiger partial charge on any atom is 0.254 e. The highest BCUT2D eigenvalue weighted by Crippen LogP contribution is 2.22. The van der Waals surface area contributed by atoms with Crippen molar-refractivity contribution in [2.24, 2.45) is 0 Å². The smallest absolute Gasteiger partial charge is 0.254 e. The van der Waals surface area contributed by atoms with E-state index < -0.39 is 0 Å². The topological polar surface area (TPSA) is 46.3 Å². The Bertz CT molecular complexity index is 593. The number of carbonyl (C=O) groups excluding carboxylic acids is 1. The monoisotopic (exact) mass is 288 g/mol. The second kappa shape index (κ2) is 5.97. The molecule has 0 fully saturated rings. The minimum absolute atomic E-state index is 0.0303. The van der Waals surface area contributed by atoms with E-state index in [0.29, 0.717) is 16.3 Å². The van der Waals surface area contributed by atoms with Gasteiger partial charge in [-0.15, -0.1) is 0 Å². The molecule has 2 N–H and O–H groups in total. The van der Waals surface area contributed by atoms with Crippen molar-refractivity contribution in [1.29, 1.82) is 0 Å². The summed E-state index contributed by atoms with van der Waals surface area (Å²) in [6, 6.07) is 14.4. The lowest BCUT2D eigenvalue weighted by Crippen LogP contribution is -2.29. The van der Waals surface area contributed by atoms with E-state index in [-0.39, 0.29) is 11.9 Å². The molecule has 0 heterocycles. The molecule has 1 amide bonds. The molecule has 0 spiro atoms. The lowest BCUT2D eigenvalue weighted by atomic mass is 10.1. The molecule has 1 atom stereocenters. The fourth-order valence-corrected chi connectivity index (χ4v) is 2.10. The molecule has 1 unspecified atom stereocenters. The average molecular weight is 289 g/mol.